The number of nitrogens with zero attached hydrogens (tertiary/aromatic N) is 1. The summed E-state index contributed by atoms with van der Waals surface area (Å²) in [6.45, 7) is 5.57. The van der Waals surface area contributed by atoms with E-state index in [0.717, 1.165) is 12.4 Å². The van der Waals surface area contributed by atoms with Gasteiger partial charge >= 0.3 is 0 Å². The Morgan fingerprint density at radius 3 is 2.38 bits per heavy atom. The molecule has 2 bridgehead atoms. The molecular formula is C23H31NO2. The lowest BCUT2D eigenvalue weighted by molar-refractivity contribution is 0.0759. The summed E-state index contributed by atoms with van der Waals surface area (Å²) < 4.78 is 11.8. The first-order chi connectivity index (χ1) is 12.6. The van der Waals surface area contributed by atoms with Crippen LogP contribution in [0.25, 0.3) is 5.57 Å². The molecule has 26 heavy (non-hydrogen) atoms. The molecular weight excluding hydrogens is 322 g/mol. The van der Waals surface area contributed by atoms with Crippen LogP contribution < -0.4 is 4.74 Å². The average Bonchev–Trinajstić information content (AvgIpc) is 3.10. The SMILES string of the molecule is CCOC1=C[C@]2(N(C)C)C(c3ccc(OCC)cc3)=C[C@]13CCCC[C@@H]32. The van der Waals surface area contributed by atoms with E-state index in [1.165, 1.54) is 42.6 Å². The van der Waals surface area contributed by atoms with Gasteiger partial charge in [0.15, 0.2) is 0 Å². The maximum absolute atomic E-state index is 6.18. The zero-order valence-corrected chi connectivity index (χ0v) is 16.5. The molecule has 3 aliphatic rings. The highest BCUT2D eigenvalue weighted by Gasteiger charge is 2.65. The molecule has 1 saturated carbocycles. The molecule has 3 heteroatoms. The van der Waals surface area contributed by atoms with E-state index in [4.69, 9.17) is 9.47 Å². The van der Waals surface area contributed by atoms with Crippen LogP contribution in [0.1, 0.15) is 45.1 Å². The summed E-state index contributed by atoms with van der Waals surface area (Å²) in [5, 5.41) is 0. The molecule has 1 aromatic rings. The van der Waals surface area contributed by atoms with Crippen molar-refractivity contribution in [3.8, 4) is 5.75 Å². The first-order valence-corrected chi connectivity index (χ1v) is 10.1. The Bertz CT molecular complexity index is 733. The van der Waals surface area contributed by atoms with Crippen LogP contribution in [0.5, 0.6) is 5.75 Å². The van der Waals surface area contributed by atoms with Crippen LogP contribution in [0, 0.1) is 11.3 Å². The summed E-state index contributed by atoms with van der Waals surface area (Å²) in [4.78, 5) is 2.42. The van der Waals surface area contributed by atoms with Gasteiger partial charge in [0.25, 0.3) is 0 Å². The molecule has 0 heterocycles. The molecule has 3 atom stereocenters. The van der Waals surface area contributed by atoms with E-state index in [1.54, 1.807) is 0 Å². The lowest BCUT2D eigenvalue weighted by Gasteiger charge is -2.43. The van der Waals surface area contributed by atoms with Crippen molar-refractivity contribution in [2.24, 2.45) is 11.3 Å². The van der Waals surface area contributed by atoms with Crippen molar-refractivity contribution < 1.29 is 9.47 Å². The van der Waals surface area contributed by atoms with Gasteiger partial charge in [0.05, 0.1) is 24.2 Å². The number of hydrogen-bond acceptors (Lipinski definition) is 3. The Morgan fingerprint density at radius 2 is 1.73 bits per heavy atom. The van der Waals surface area contributed by atoms with Crippen LogP contribution in [0.3, 0.4) is 0 Å². The summed E-state index contributed by atoms with van der Waals surface area (Å²) in [7, 11) is 4.44. The number of hydrogen-bond donors (Lipinski definition) is 0. The van der Waals surface area contributed by atoms with Gasteiger partial charge in [-0.3, -0.25) is 4.90 Å². The Hall–Kier alpha value is -1.74. The molecule has 0 spiro atoms. The standard InChI is InChI=1S/C23H31NO2/c1-5-25-18-12-10-17(11-13-18)19-15-22-14-8-7-9-20(22)23(19,24(3)4)16-21(22)26-6-2/h10-13,15-16,20H,5-9,14H2,1-4H3/t20-,22-,23-/m0/s1. The third kappa shape index (κ3) is 2.29. The highest BCUT2D eigenvalue weighted by atomic mass is 16.5. The summed E-state index contributed by atoms with van der Waals surface area (Å²) in [6.07, 6.45) is 10.1. The maximum Gasteiger partial charge on any atom is 0.119 e. The highest BCUT2D eigenvalue weighted by Crippen LogP contribution is 2.67. The molecule has 0 unspecified atom stereocenters. The molecule has 0 saturated heterocycles. The number of allylic oxidation sites excluding steroid dienone is 1. The molecule has 0 aliphatic heterocycles. The Balaban J connectivity index is 1.80. The molecule has 3 aliphatic carbocycles. The van der Waals surface area contributed by atoms with Crippen molar-refractivity contribution in [3.63, 3.8) is 0 Å². The van der Waals surface area contributed by atoms with Crippen molar-refractivity contribution in [1.82, 2.24) is 4.90 Å². The van der Waals surface area contributed by atoms with Gasteiger partial charge < -0.3 is 9.47 Å². The van der Waals surface area contributed by atoms with Gasteiger partial charge in [-0.15, -0.1) is 0 Å². The zero-order chi connectivity index (χ0) is 18.4. The lowest BCUT2D eigenvalue weighted by Crippen LogP contribution is -2.48. The van der Waals surface area contributed by atoms with Crippen LogP contribution in [0.4, 0.5) is 0 Å². The quantitative estimate of drug-likeness (QED) is 0.726. The molecule has 3 nitrogen and oxygen atoms in total. The zero-order valence-electron chi connectivity index (χ0n) is 16.5. The van der Waals surface area contributed by atoms with Gasteiger partial charge in [0, 0.05) is 5.92 Å². The van der Waals surface area contributed by atoms with Crippen LogP contribution >= 0.6 is 0 Å². The fraction of sp³-hybridized carbons (Fsp3) is 0.565. The van der Waals surface area contributed by atoms with Gasteiger partial charge in [0.1, 0.15) is 11.5 Å². The minimum atomic E-state index is -0.0575. The average molecular weight is 354 g/mol. The predicted molar refractivity (Wildman–Crippen MR) is 106 cm³/mol. The van der Waals surface area contributed by atoms with Crippen LogP contribution in [-0.4, -0.2) is 37.7 Å². The molecule has 1 aromatic carbocycles. The molecule has 0 radical (unpaired) electrons. The summed E-state index contributed by atoms with van der Waals surface area (Å²) >= 11 is 0. The minimum Gasteiger partial charge on any atom is -0.498 e. The fourth-order valence-electron chi connectivity index (χ4n) is 5.65. The largest absolute Gasteiger partial charge is 0.498 e. The number of benzene rings is 1. The predicted octanol–water partition coefficient (Wildman–Crippen LogP) is 4.89. The van der Waals surface area contributed by atoms with Gasteiger partial charge in [0.2, 0.25) is 0 Å². The number of rotatable bonds is 6. The van der Waals surface area contributed by atoms with Crippen LogP contribution in [-0.2, 0) is 4.74 Å². The van der Waals surface area contributed by atoms with Crippen molar-refractivity contribution in [3.05, 3.63) is 47.7 Å². The van der Waals surface area contributed by atoms with Gasteiger partial charge in [-0.05, 0) is 70.1 Å². The second kappa shape index (κ2) is 6.45. The summed E-state index contributed by atoms with van der Waals surface area (Å²) in [6, 6.07) is 8.65. The topological polar surface area (TPSA) is 21.7 Å². The van der Waals surface area contributed by atoms with Crippen molar-refractivity contribution >= 4 is 5.57 Å². The second-order valence-corrected chi connectivity index (χ2v) is 8.02. The minimum absolute atomic E-state index is 0.0575. The molecule has 1 fully saturated rings. The van der Waals surface area contributed by atoms with E-state index >= 15 is 0 Å². The van der Waals surface area contributed by atoms with E-state index in [9.17, 15) is 0 Å². The Labute approximate surface area is 157 Å². The van der Waals surface area contributed by atoms with Gasteiger partial charge in [-0.1, -0.05) is 31.1 Å². The third-order valence-electron chi connectivity index (χ3n) is 6.65. The van der Waals surface area contributed by atoms with Crippen LogP contribution in [0.15, 0.2) is 42.2 Å². The van der Waals surface area contributed by atoms with E-state index < -0.39 is 0 Å². The van der Waals surface area contributed by atoms with Crippen molar-refractivity contribution in [2.45, 2.75) is 45.1 Å². The Kier molecular flexibility index (Phi) is 4.38. The molecule has 140 valence electrons. The Morgan fingerprint density at radius 1 is 1.00 bits per heavy atom. The molecule has 0 amide bonds. The monoisotopic (exact) mass is 353 g/mol. The molecule has 0 N–H and O–H groups in total. The first kappa shape index (κ1) is 17.7. The van der Waals surface area contributed by atoms with Crippen molar-refractivity contribution in [1.29, 1.82) is 0 Å². The molecule has 0 aromatic heterocycles. The van der Waals surface area contributed by atoms with E-state index in [2.05, 4.69) is 62.3 Å². The number of likely N-dealkylation sites (N-methyl/N-ethyl adjacent to an activating group) is 1. The van der Waals surface area contributed by atoms with Gasteiger partial charge in [-0.2, -0.15) is 0 Å². The number of ether oxygens (including phenoxy) is 2. The fourth-order valence-corrected chi connectivity index (χ4v) is 5.65. The second-order valence-electron chi connectivity index (χ2n) is 8.02. The van der Waals surface area contributed by atoms with Gasteiger partial charge in [-0.25, -0.2) is 0 Å². The maximum atomic E-state index is 6.18. The smallest absolute Gasteiger partial charge is 0.119 e. The third-order valence-corrected chi connectivity index (χ3v) is 6.65. The normalized spacial score (nSPS) is 32.3. The van der Waals surface area contributed by atoms with E-state index in [0.29, 0.717) is 12.5 Å². The van der Waals surface area contributed by atoms with Crippen molar-refractivity contribution in [2.75, 3.05) is 27.3 Å². The molecule has 4 rings (SSSR count). The lowest BCUT2D eigenvalue weighted by atomic mass is 9.67. The van der Waals surface area contributed by atoms with E-state index in [1.807, 2.05) is 6.92 Å². The van der Waals surface area contributed by atoms with E-state index in [-0.39, 0.29) is 11.0 Å². The van der Waals surface area contributed by atoms with Crippen LogP contribution in [0.2, 0.25) is 0 Å². The first-order valence-electron chi connectivity index (χ1n) is 10.1. The summed E-state index contributed by atoms with van der Waals surface area (Å²) in [5.74, 6) is 2.75. The highest BCUT2D eigenvalue weighted by molar-refractivity contribution is 5.83. The summed E-state index contributed by atoms with van der Waals surface area (Å²) in [5.41, 5.74) is 2.79.